The van der Waals surface area contributed by atoms with E-state index in [9.17, 15) is 4.79 Å². The van der Waals surface area contributed by atoms with Gasteiger partial charge >= 0.3 is 0 Å². The fourth-order valence-corrected chi connectivity index (χ4v) is 1.48. The highest BCUT2D eigenvalue weighted by Gasteiger charge is 2.51. The average Bonchev–Trinajstić information content (AvgIpc) is 2.73. The van der Waals surface area contributed by atoms with Gasteiger partial charge in [-0.1, -0.05) is 32.6 Å². The molecule has 0 aromatic heterocycles. The van der Waals surface area contributed by atoms with E-state index in [1.807, 2.05) is 6.92 Å². The molecular formula is C10H18O2. The zero-order chi connectivity index (χ0) is 9.03. The van der Waals surface area contributed by atoms with Gasteiger partial charge in [0.1, 0.15) is 5.60 Å². The van der Waals surface area contributed by atoms with Crippen LogP contribution in [0, 0.1) is 0 Å². The molecule has 1 aliphatic rings. The van der Waals surface area contributed by atoms with Crippen LogP contribution in [0.25, 0.3) is 0 Å². The molecule has 0 aliphatic carbocycles. The predicted molar refractivity (Wildman–Crippen MR) is 48.1 cm³/mol. The lowest BCUT2D eigenvalue weighted by molar-refractivity contribution is -0.111. The summed E-state index contributed by atoms with van der Waals surface area (Å²) in [5, 5.41) is 0. The maximum atomic E-state index is 10.5. The van der Waals surface area contributed by atoms with Gasteiger partial charge in [0.2, 0.25) is 0 Å². The number of ether oxygens (including phenoxy) is 1. The first-order valence-corrected chi connectivity index (χ1v) is 4.87. The SMILES string of the molecule is CCCCCC[C@@H]1O[C@@]1(C)C=O. The van der Waals surface area contributed by atoms with Crippen molar-refractivity contribution in [2.45, 2.75) is 57.7 Å². The van der Waals surface area contributed by atoms with Gasteiger partial charge < -0.3 is 9.53 Å². The Hall–Kier alpha value is -0.370. The summed E-state index contributed by atoms with van der Waals surface area (Å²) >= 11 is 0. The van der Waals surface area contributed by atoms with Crippen LogP contribution in [-0.2, 0) is 9.53 Å². The standard InChI is InChI=1S/C10H18O2/c1-3-4-5-6-7-9-10(2,8-11)12-9/h8-9H,3-7H2,1-2H3/t9-,10-/m0/s1. The van der Waals surface area contributed by atoms with Gasteiger partial charge in [0.25, 0.3) is 0 Å². The van der Waals surface area contributed by atoms with Crippen LogP contribution in [0.15, 0.2) is 0 Å². The lowest BCUT2D eigenvalue weighted by atomic mass is 10.0. The van der Waals surface area contributed by atoms with E-state index in [2.05, 4.69) is 6.92 Å². The summed E-state index contributed by atoms with van der Waals surface area (Å²) in [5.41, 5.74) is -0.424. The minimum atomic E-state index is -0.424. The van der Waals surface area contributed by atoms with Crippen LogP contribution >= 0.6 is 0 Å². The monoisotopic (exact) mass is 170 g/mol. The van der Waals surface area contributed by atoms with Crippen LogP contribution in [0.5, 0.6) is 0 Å². The van der Waals surface area contributed by atoms with E-state index < -0.39 is 5.60 Å². The lowest BCUT2D eigenvalue weighted by Crippen LogP contribution is -2.10. The van der Waals surface area contributed by atoms with Crippen LogP contribution in [0.4, 0.5) is 0 Å². The number of aldehydes is 1. The Bertz CT molecular complexity index is 156. The lowest BCUT2D eigenvalue weighted by Gasteiger charge is -1.96. The summed E-state index contributed by atoms with van der Waals surface area (Å²) in [4.78, 5) is 10.5. The van der Waals surface area contributed by atoms with Gasteiger partial charge in [-0.2, -0.15) is 0 Å². The van der Waals surface area contributed by atoms with Gasteiger partial charge in [-0.15, -0.1) is 0 Å². The van der Waals surface area contributed by atoms with Crippen LogP contribution < -0.4 is 0 Å². The van der Waals surface area contributed by atoms with E-state index in [1.54, 1.807) is 0 Å². The second-order valence-corrected chi connectivity index (χ2v) is 3.76. The van der Waals surface area contributed by atoms with Crippen molar-refractivity contribution in [1.82, 2.24) is 0 Å². The van der Waals surface area contributed by atoms with Crippen molar-refractivity contribution in [3.05, 3.63) is 0 Å². The first kappa shape index (κ1) is 9.72. The molecule has 0 aromatic rings. The molecule has 1 fully saturated rings. The highest BCUT2D eigenvalue weighted by molar-refractivity contribution is 5.66. The molecule has 1 heterocycles. The zero-order valence-corrected chi connectivity index (χ0v) is 8.01. The average molecular weight is 170 g/mol. The van der Waals surface area contributed by atoms with Crippen molar-refractivity contribution < 1.29 is 9.53 Å². The molecule has 12 heavy (non-hydrogen) atoms. The topological polar surface area (TPSA) is 29.6 Å². The number of hydrogen-bond donors (Lipinski definition) is 0. The Morgan fingerprint density at radius 3 is 2.67 bits per heavy atom. The second-order valence-electron chi connectivity index (χ2n) is 3.76. The van der Waals surface area contributed by atoms with Gasteiger partial charge in [-0.05, 0) is 13.3 Å². The van der Waals surface area contributed by atoms with Crippen molar-refractivity contribution in [2.24, 2.45) is 0 Å². The van der Waals surface area contributed by atoms with E-state index in [4.69, 9.17) is 4.74 Å². The highest BCUT2D eigenvalue weighted by atomic mass is 16.6. The molecule has 0 radical (unpaired) electrons. The molecule has 0 bridgehead atoms. The summed E-state index contributed by atoms with van der Waals surface area (Å²) in [6.07, 6.45) is 7.22. The van der Waals surface area contributed by atoms with E-state index in [0.29, 0.717) is 0 Å². The van der Waals surface area contributed by atoms with Crippen LogP contribution in [-0.4, -0.2) is 18.0 Å². The number of rotatable bonds is 6. The number of epoxide rings is 1. The maximum Gasteiger partial charge on any atom is 0.154 e. The first-order valence-electron chi connectivity index (χ1n) is 4.87. The zero-order valence-electron chi connectivity index (χ0n) is 8.01. The molecule has 2 atom stereocenters. The molecule has 1 aliphatic heterocycles. The Morgan fingerprint density at radius 2 is 2.17 bits per heavy atom. The van der Waals surface area contributed by atoms with Crippen molar-refractivity contribution in [3.8, 4) is 0 Å². The normalized spacial score (nSPS) is 33.3. The molecule has 0 amide bonds. The molecule has 0 unspecified atom stereocenters. The fourth-order valence-electron chi connectivity index (χ4n) is 1.48. The summed E-state index contributed by atoms with van der Waals surface area (Å²) < 4.78 is 5.27. The maximum absolute atomic E-state index is 10.5. The summed E-state index contributed by atoms with van der Waals surface area (Å²) in [7, 11) is 0. The molecule has 1 rings (SSSR count). The minimum absolute atomic E-state index is 0.215. The van der Waals surface area contributed by atoms with Gasteiger partial charge in [-0.3, -0.25) is 0 Å². The number of hydrogen-bond acceptors (Lipinski definition) is 2. The Kier molecular flexibility index (Phi) is 3.27. The molecule has 0 saturated carbocycles. The summed E-state index contributed by atoms with van der Waals surface area (Å²) in [6.45, 7) is 4.06. The Labute approximate surface area is 74.3 Å². The smallest absolute Gasteiger partial charge is 0.154 e. The summed E-state index contributed by atoms with van der Waals surface area (Å²) in [5.74, 6) is 0. The molecule has 70 valence electrons. The molecule has 2 heteroatoms. The van der Waals surface area contributed by atoms with Crippen LogP contribution in [0.1, 0.15) is 46.0 Å². The van der Waals surface area contributed by atoms with Gasteiger partial charge in [0, 0.05) is 0 Å². The van der Waals surface area contributed by atoms with E-state index >= 15 is 0 Å². The third kappa shape index (κ3) is 2.31. The van der Waals surface area contributed by atoms with Crippen LogP contribution in [0.3, 0.4) is 0 Å². The minimum Gasteiger partial charge on any atom is -0.358 e. The summed E-state index contributed by atoms with van der Waals surface area (Å²) in [6, 6.07) is 0. The number of unbranched alkanes of at least 4 members (excludes halogenated alkanes) is 3. The van der Waals surface area contributed by atoms with Gasteiger partial charge in [0.15, 0.2) is 6.29 Å². The van der Waals surface area contributed by atoms with Crippen LogP contribution in [0.2, 0.25) is 0 Å². The van der Waals surface area contributed by atoms with Crippen molar-refractivity contribution in [3.63, 3.8) is 0 Å². The molecule has 0 spiro atoms. The third-order valence-corrected chi connectivity index (χ3v) is 2.53. The largest absolute Gasteiger partial charge is 0.358 e. The molecule has 0 aromatic carbocycles. The highest BCUT2D eigenvalue weighted by Crippen LogP contribution is 2.37. The van der Waals surface area contributed by atoms with E-state index in [1.165, 1.54) is 25.7 Å². The van der Waals surface area contributed by atoms with Crippen molar-refractivity contribution >= 4 is 6.29 Å². The first-order chi connectivity index (χ1) is 5.73. The van der Waals surface area contributed by atoms with E-state index in [-0.39, 0.29) is 6.10 Å². The Morgan fingerprint density at radius 1 is 1.42 bits per heavy atom. The predicted octanol–water partition coefficient (Wildman–Crippen LogP) is 2.31. The number of carbonyl (C=O) groups excluding carboxylic acids is 1. The van der Waals surface area contributed by atoms with Crippen molar-refractivity contribution in [1.29, 1.82) is 0 Å². The molecule has 2 nitrogen and oxygen atoms in total. The number of carbonyl (C=O) groups is 1. The van der Waals surface area contributed by atoms with Crippen molar-refractivity contribution in [2.75, 3.05) is 0 Å². The third-order valence-electron chi connectivity index (χ3n) is 2.53. The molecular weight excluding hydrogens is 152 g/mol. The molecule has 1 saturated heterocycles. The van der Waals surface area contributed by atoms with Gasteiger partial charge in [0.05, 0.1) is 6.10 Å². The van der Waals surface area contributed by atoms with Gasteiger partial charge in [-0.25, -0.2) is 0 Å². The molecule has 0 N–H and O–H groups in total. The van der Waals surface area contributed by atoms with E-state index in [0.717, 1.165) is 12.7 Å². The quantitative estimate of drug-likeness (QED) is 0.348. The Balaban J connectivity index is 2.00. The second kappa shape index (κ2) is 4.04. The fraction of sp³-hybridized carbons (Fsp3) is 0.900.